The minimum absolute atomic E-state index is 0.210. The molecule has 28 heavy (non-hydrogen) atoms. The van der Waals surface area contributed by atoms with Crippen molar-refractivity contribution in [2.75, 3.05) is 37.7 Å². The van der Waals surface area contributed by atoms with E-state index in [1.807, 2.05) is 12.1 Å². The van der Waals surface area contributed by atoms with Crippen LogP contribution in [0.4, 0.5) is 11.5 Å². The van der Waals surface area contributed by atoms with Gasteiger partial charge in [0.1, 0.15) is 18.6 Å². The first-order valence-corrected chi connectivity index (χ1v) is 9.59. The van der Waals surface area contributed by atoms with E-state index in [0.29, 0.717) is 19.2 Å². The summed E-state index contributed by atoms with van der Waals surface area (Å²) in [6.07, 6.45) is 1.16. The molecule has 0 saturated carbocycles. The van der Waals surface area contributed by atoms with Gasteiger partial charge >= 0.3 is 11.8 Å². The molecular formula is C19H25N5O4. The van der Waals surface area contributed by atoms with E-state index in [2.05, 4.69) is 40.8 Å². The summed E-state index contributed by atoms with van der Waals surface area (Å²) in [5, 5.41) is 10.9. The van der Waals surface area contributed by atoms with E-state index < -0.39 is 4.92 Å². The highest BCUT2D eigenvalue weighted by atomic mass is 16.6. The predicted octanol–water partition coefficient (Wildman–Crippen LogP) is 2.16. The molecular weight excluding hydrogens is 362 g/mol. The van der Waals surface area contributed by atoms with Crippen molar-refractivity contribution in [3.05, 3.63) is 40.6 Å². The number of nitro groups is 1. The van der Waals surface area contributed by atoms with Crippen molar-refractivity contribution in [2.45, 2.75) is 32.5 Å². The van der Waals surface area contributed by atoms with E-state index in [9.17, 15) is 10.1 Å². The Bertz CT molecular complexity index is 845. The summed E-state index contributed by atoms with van der Waals surface area (Å²) < 4.78 is 13.2. The first kappa shape index (κ1) is 18.5. The van der Waals surface area contributed by atoms with Gasteiger partial charge in [0.25, 0.3) is 0 Å². The Balaban J connectivity index is 1.39. The molecule has 9 heteroatoms. The van der Waals surface area contributed by atoms with Crippen LogP contribution in [0, 0.1) is 10.1 Å². The van der Waals surface area contributed by atoms with Crippen LogP contribution in [0.3, 0.4) is 0 Å². The molecule has 0 bridgehead atoms. The maximum absolute atomic E-state index is 10.9. The van der Waals surface area contributed by atoms with Gasteiger partial charge in [-0.3, -0.25) is 9.47 Å². The molecule has 1 fully saturated rings. The molecule has 1 atom stereocenters. The molecule has 1 aromatic heterocycles. The van der Waals surface area contributed by atoms with Gasteiger partial charge in [-0.05, 0) is 30.9 Å². The number of hydrogen-bond donors (Lipinski definition) is 0. The highest BCUT2D eigenvalue weighted by Crippen LogP contribution is 2.26. The largest absolute Gasteiger partial charge is 0.485 e. The molecule has 0 N–H and O–H groups in total. The average molecular weight is 387 g/mol. The Kier molecular flexibility index (Phi) is 5.08. The molecule has 3 heterocycles. The fraction of sp³-hybridized carbons (Fsp3) is 0.526. The minimum atomic E-state index is -0.521. The molecule has 2 aliphatic heterocycles. The van der Waals surface area contributed by atoms with Crippen LogP contribution in [0.1, 0.15) is 13.8 Å². The van der Waals surface area contributed by atoms with E-state index in [0.717, 1.165) is 37.6 Å². The molecule has 0 unspecified atom stereocenters. The third-order valence-corrected chi connectivity index (χ3v) is 5.24. The van der Waals surface area contributed by atoms with E-state index in [1.165, 1.54) is 6.20 Å². The summed E-state index contributed by atoms with van der Waals surface area (Å²) in [5.74, 6) is 0.564. The summed E-state index contributed by atoms with van der Waals surface area (Å²) >= 11 is 0. The molecule has 0 aliphatic carbocycles. The van der Waals surface area contributed by atoms with Crippen molar-refractivity contribution in [3.63, 3.8) is 0 Å². The van der Waals surface area contributed by atoms with Crippen LogP contribution in [0.15, 0.2) is 30.5 Å². The van der Waals surface area contributed by atoms with Gasteiger partial charge in [0.2, 0.25) is 0 Å². The maximum atomic E-state index is 10.9. The summed E-state index contributed by atoms with van der Waals surface area (Å²) in [5.41, 5.74) is 1.15. The Morgan fingerprint density at radius 1 is 1.29 bits per heavy atom. The van der Waals surface area contributed by atoms with Gasteiger partial charge in [-0.15, -0.1) is 0 Å². The molecule has 150 valence electrons. The van der Waals surface area contributed by atoms with E-state index in [4.69, 9.17) is 9.47 Å². The van der Waals surface area contributed by atoms with Crippen LogP contribution < -0.4 is 14.4 Å². The van der Waals surface area contributed by atoms with Crippen LogP contribution in [0.5, 0.6) is 11.8 Å². The minimum Gasteiger partial charge on any atom is -0.485 e. The van der Waals surface area contributed by atoms with E-state index in [1.54, 1.807) is 4.57 Å². The number of imidazole rings is 1. The van der Waals surface area contributed by atoms with Gasteiger partial charge in [0, 0.05) is 49.0 Å². The molecule has 2 aromatic rings. The zero-order chi connectivity index (χ0) is 19.7. The van der Waals surface area contributed by atoms with Crippen LogP contribution >= 0.6 is 0 Å². The number of nitrogens with zero attached hydrogens (tertiary/aromatic N) is 5. The number of ether oxygens (including phenoxy) is 2. The van der Waals surface area contributed by atoms with E-state index in [-0.39, 0.29) is 17.9 Å². The molecule has 0 spiro atoms. The number of benzene rings is 1. The van der Waals surface area contributed by atoms with Crippen LogP contribution in [0.25, 0.3) is 0 Å². The zero-order valence-electron chi connectivity index (χ0n) is 16.2. The topological polar surface area (TPSA) is 85.9 Å². The summed E-state index contributed by atoms with van der Waals surface area (Å²) in [4.78, 5) is 19.1. The lowest BCUT2D eigenvalue weighted by molar-refractivity contribution is -0.389. The standard InChI is InChI=1S/C19H25N5O4/c1-14(2)21-6-8-22(9-7-21)15-4-3-5-16(10-15)28-17-11-23-12-18(24(25)26)20-19(23)27-13-17/h3-5,10,12,14,17H,6-9,11,13H2,1-2H3/t17-/m0/s1. The highest BCUT2D eigenvalue weighted by molar-refractivity contribution is 5.51. The Hall–Kier alpha value is -2.81. The smallest absolute Gasteiger partial charge is 0.414 e. The Labute approximate surface area is 163 Å². The average Bonchev–Trinajstić information content (AvgIpc) is 3.12. The van der Waals surface area contributed by atoms with Crippen molar-refractivity contribution in [2.24, 2.45) is 0 Å². The molecule has 0 amide bonds. The quantitative estimate of drug-likeness (QED) is 0.574. The fourth-order valence-electron chi connectivity index (χ4n) is 3.67. The second-order valence-electron chi connectivity index (χ2n) is 7.46. The van der Waals surface area contributed by atoms with Crippen LogP contribution in [-0.2, 0) is 6.54 Å². The number of anilines is 1. The molecule has 1 saturated heterocycles. The highest BCUT2D eigenvalue weighted by Gasteiger charge is 2.29. The van der Waals surface area contributed by atoms with Gasteiger partial charge in [0.05, 0.1) is 6.54 Å². The number of hydrogen-bond acceptors (Lipinski definition) is 7. The number of piperazine rings is 1. The number of aromatic nitrogens is 2. The molecule has 4 rings (SSSR count). The van der Waals surface area contributed by atoms with Gasteiger partial charge in [-0.25, -0.2) is 0 Å². The Morgan fingerprint density at radius 2 is 2.07 bits per heavy atom. The number of rotatable bonds is 5. The third kappa shape index (κ3) is 3.89. The monoisotopic (exact) mass is 387 g/mol. The molecule has 0 radical (unpaired) electrons. The van der Waals surface area contributed by atoms with Crippen molar-refractivity contribution in [1.82, 2.24) is 14.5 Å². The predicted molar refractivity (Wildman–Crippen MR) is 104 cm³/mol. The Morgan fingerprint density at radius 3 is 2.79 bits per heavy atom. The van der Waals surface area contributed by atoms with Crippen molar-refractivity contribution in [1.29, 1.82) is 0 Å². The SMILES string of the molecule is CC(C)N1CCN(c2cccc(O[C@@H]3COc4nc([N+](=O)[O-])cn4C3)c2)CC1. The first-order chi connectivity index (χ1) is 13.5. The molecule has 2 aliphatic rings. The second kappa shape index (κ2) is 7.67. The normalized spacial score (nSPS) is 20.0. The van der Waals surface area contributed by atoms with Gasteiger partial charge in [0.15, 0.2) is 6.10 Å². The van der Waals surface area contributed by atoms with Gasteiger partial charge in [-0.2, -0.15) is 0 Å². The lowest BCUT2D eigenvalue weighted by Crippen LogP contribution is -2.48. The molecule has 9 nitrogen and oxygen atoms in total. The number of fused-ring (bicyclic) bond motifs is 1. The maximum Gasteiger partial charge on any atom is 0.414 e. The van der Waals surface area contributed by atoms with Gasteiger partial charge < -0.3 is 24.5 Å². The van der Waals surface area contributed by atoms with Crippen molar-refractivity contribution >= 4 is 11.5 Å². The molecule has 1 aromatic carbocycles. The van der Waals surface area contributed by atoms with Crippen molar-refractivity contribution in [3.8, 4) is 11.8 Å². The van der Waals surface area contributed by atoms with Crippen LogP contribution in [-0.4, -0.2) is 64.3 Å². The third-order valence-electron chi connectivity index (χ3n) is 5.24. The zero-order valence-corrected chi connectivity index (χ0v) is 16.2. The van der Waals surface area contributed by atoms with Gasteiger partial charge in [-0.1, -0.05) is 6.07 Å². The fourth-order valence-corrected chi connectivity index (χ4v) is 3.67. The van der Waals surface area contributed by atoms with Crippen molar-refractivity contribution < 1.29 is 14.4 Å². The first-order valence-electron chi connectivity index (χ1n) is 9.59. The summed E-state index contributed by atoms with van der Waals surface area (Å²) in [6.45, 7) is 9.35. The van der Waals surface area contributed by atoms with Crippen LogP contribution in [0.2, 0.25) is 0 Å². The second-order valence-corrected chi connectivity index (χ2v) is 7.46. The summed E-state index contributed by atoms with van der Waals surface area (Å²) in [6, 6.07) is 8.93. The van der Waals surface area contributed by atoms with E-state index >= 15 is 0 Å². The summed E-state index contributed by atoms with van der Waals surface area (Å²) in [7, 11) is 0. The lowest BCUT2D eigenvalue weighted by Gasteiger charge is -2.38. The lowest BCUT2D eigenvalue weighted by atomic mass is 10.2.